The third kappa shape index (κ3) is 13.1. The number of hydrogen-bond acceptors (Lipinski definition) is 10. The summed E-state index contributed by atoms with van der Waals surface area (Å²) in [4.78, 5) is 40.0. The van der Waals surface area contributed by atoms with Crippen molar-refractivity contribution in [2.24, 2.45) is 11.5 Å². The first-order chi connectivity index (χ1) is 10.9. The normalized spacial score (nSPS) is 12.1. The molecule has 11 nitrogen and oxygen atoms in total. The van der Waals surface area contributed by atoms with Gasteiger partial charge >= 0.3 is 77.0 Å². The first kappa shape index (κ1) is 30.0. The molecule has 0 fully saturated rings. The number of hydroxylamine groups is 1. The minimum absolute atomic E-state index is 0. The SMILES string of the molecule is NCCOC(=O)CC(CC(=O)O)(ONCCO)C(=O)OCCN.[H-].[H-].[Na+].[Na+]. The number of aliphatic carboxylic acids is 1. The molecule has 0 saturated carbocycles. The van der Waals surface area contributed by atoms with Crippen molar-refractivity contribution >= 4 is 17.9 Å². The van der Waals surface area contributed by atoms with Crippen LogP contribution in [0.3, 0.4) is 0 Å². The summed E-state index contributed by atoms with van der Waals surface area (Å²) in [5.74, 6) is -3.36. The number of esters is 2. The quantitative estimate of drug-likeness (QED) is 0.0878. The van der Waals surface area contributed by atoms with E-state index in [4.69, 9.17) is 36.0 Å². The van der Waals surface area contributed by atoms with Crippen molar-refractivity contribution < 1.29 is 101 Å². The van der Waals surface area contributed by atoms with E-state index >= 15 is 0 Å². The van der Waals surface area contributed by atoms with Gasteiger partial charge in [-0.25, -0.2) is 4.79 Å². The molecule has 0 aliphatic carbocycles. The van der Waals surface area contributed by atoms with Crippen molar-refractivity contribution in [3.63, 3.8) is 0 Å². The molecule has 0 aliphatic rings. The first-order valence-corrected chi connectivity index (χ1v) is 6.88. The van der Waals surface area contributed by atoms with Crippen LogP contribution in [0.5, 0.6) is 0 Å². The number of carbonyl (C=O) groups excluding carboxylic acids is 2. The molecule has 0 rings (SSSR count). The Bertz CT molecular complexity index is 413. The van der Waals surface area contributed by atoms with E-state index in [-0.39, 0.29) is 101 Å². The molecule has 0 aromatic carbocycles. The number of nitrogens with one attached hydrogen (secondary N) is 1. The molecular weight excluding hydrogens is 360 g/mol. The van der Waals surface area contributed by atoms with Gasteiger partial charge in [0.2, 0.25) is 5.60 Å². The zero-order valence-corrected chi connectivity index (χ0v) is 18.7. The third-order valence-electron chi connectivity index (χ3n) is 2.45. The molecule has 25 heavy (non-hydrogen) atoms. The van der Waals surface area contributed by atoms with Crippen molar-refractivity contribution in [2.75, 3.05) is 39.5 Å². The average molecular weight is 385 g/mol. The average Bonchev–Trinajstić information content (AvgIpc) is 2.49. The molecule has 0 radical (unpaired) electrons. The largest absolute Gasteiger partial charge is 1.00 e. The van der Waals surface area contributed by atoms with Gasteiger partial charge in [-0.3, -0.25) is 14.4 Å². The van der Waals surface area contributed by atoms with Gasteiger partial charge in [0.15, 0.2) is 0 Å². The minimum Gasteiger partial charge on any atom is -1.00 e. The Morgan fingerprint density at radius 1 is 1.04 bits per heavy atom. The maximum atomic E-state index is 12.2. The van der Waals surface area contributed by atoms with Gasteiger partial charge < -0.3 is 34.0 Å². The number of rotatable bonds is 13. The summed E-state index contributed by atoms with van der Waals surface area (Å²) in [5, 5.41) is 17.7. The van der Waals surface area contributed by atoms with Crippen molar-refractivity contribution in [1.29, 1.82) is 0 Å². The summed E-state index contributed by atoms with van der Waals surface area (Å²) in [5.41, 5.74) is 10.5. The van der Waals surface area contributed by atoms with Crippen molar-refractivity contribution in [2.45, 2.75) is 18.4 Å². The molecule has 13 heteroatoms. The fourth-order valence-corrected chi connectivity index (χ4v) is 1.54. The molecule has 7 N–H and O–H groups in total. The van der Waals surface area contributed by atoms with Gasteiger partial charge in [0.25, 0.3) is 0 Å². The molecule has 138 valence electrons. The van der Waals surface area contributed by atoms with Crippen molar-refractivity contribution in [3.05, 3.63) is 0 Å². The van der Waals surface area contributed by atoms with E-state index in [9.17, 15) is 14.4 Å². The summed E-state index contributed by atoms with van der Waals surface area (Å²) in [6.07, 6.45) is -1.56. The predicted octanol–water partition coefficient (Wildman–Crippen LogP) is -8.66. The van der Waals surface area contributed by atoms with Crippen LogP contribution in [0.4, 0.5) is 0 Å². The maximum absolute atomic E-state index is 12.2. The topological polar surface area (TPSA) is 183 Å². The molecule has 0 amide bonds. The molecule has 0 aliphatic heterocycles. The van der Waals surface area contributed by atoms with E-state index in [0.717, 1.165) is 0 Å². The molecular formula is C12H25N3Na2O8. The molecule has 0 saturated heterocycles. The number of nitrogens with two attached hydrogens (primary N) is 2. The number of carbonyl (C=O) groups is 3. The Hall–Kier alpha value is 0.210. The summed E-state index contributed by atoms with van der Waals surface area (Å²) in [7, 11) is 0. The Balaban J connectivity index is -0.000000403. The minimum atomic E-state index is -2.15. The second-order valence-corrected chi connectivity index (χ2v) is 4.40. The Morgan fingerprint density at radius 2 is 1.60 bits per heavy atom. The molecule has 0 bridgehead atoms. The molecule has 0 aromatic heterocycles. The Labute approximate surface area is 192 Å². The van der Waals surface area contributed by atoms with Crippen LogP contribution in [-0.4, -0.2) is 73.2 Å². The smallest absolute Gasteiger partial charge is 1.00 e. The third-order valence-corrected chi connectivity index (χ3v) is 2.45. The monoisotopic (exact) mass is 385 g/mol. The van der Waals surface area contributed by atoms with Gasteiger partial charge in [0, 0.05) is 19.6 Å². The van der Waals surface area contributed by atoms with Crippen LogP contribution < -0.4 is 76.1 Å². The number of ether oxygens (including phenoxy) is 2. The van der Waals surface area contributed by atoms with Gasteiger partial charge in [0.1, 0.15) is 13.2 Å². The zero-order chi connectivity index (χ0) is 17.7. The van der Waals surface area contributed by atoms with Gasteiger partial charge in [-0.05, 0) is 0 Å². The summed E-state index contributed by atoms with van der Waals surface area (Å²) in [6, 6.07) is 0. The molecule has 1 unspecified atom stereocenters. The Kier molecular flexibility index (Phi) is 21.1. The number of aliphatic hydroxyl groups excluding tert-OH is 1. The van der Waals surface area contributed by atoms with E-state index in [1.54, 1.807) is 0 Å². The standard InChI is InChI=1S/C12H23N3O8.2Na.2H/c13-1-5-21-10(19)8-12(7-9(17)18,23-15-3-4-16)11(20)22-6-2-14;;;;/h15-16H,1-8,13-14H2,(H,17,18);;;;/q;2*+1;2*-1. The number of aliphatic hydroxyl groups is 1. The van der Waals surface area contributed by atoms with E-state index in [1.165, 1.54) is 0 Å². The van der Waals surface area contributed by atoms with Crippen molar-refractivity contribution in [1.82, 2.24) is 5.48 Å². The Morgan fingerprint density at radius 3 is 2.08 bits per heavy atom. The van der Waals surface area contributed by atoms with E-state index in [1.807, 2.05) is 0 Å². The van der Waals surface area contributed by atoms with E-state index in [0.29, 0.717) is 0 Å². The molecule has 0 heterocycles. The molecule has 0 spiro atoms. The van der Waals surface area contributed by atoms with Crippen molar-refractivity contribution in [3.8, 4) is 0 Å². The van der Waals surface area contributed by atoms with Gasteiger partial charge in [-0.15, -0.1) is 0 Å². The zero-order valence-electron chi connectivity index (χ0n) is 16.7. The van der Waals surface area contributed by atoms with Crippen LogP contribution >= 0.6 is 0 Å². The fourth-order valence-electron chi connectivity index (χ4n) is 1.54. The molecule has 0 aromatic rings. The van der Waals surface area contributed by atoms with Crippen LogP contribution in [0.1, 0.15) is 15.7 Å². The van der Waals surface area contributed by atoms with Crippen LogP contribution in [0.25, 0.3) is 0 Å². The van der Waals surface area contributed by atoms with Gasteiger partial charge in [0.05, 0.1) is 19.4 Å². The fraction of sp³-hybridized carbons (Fsp3) is 0.750. The number of carboxylic acid groups (broad SMARTS) is 1. The second-order valence-electron chi connectivity index (χ2n) is 4.40. The summed E-state index contributed by atoms with van der Waals surface area (Å²) < 4.78 is 9.55. The summed E-state index contributed by atoms with van der Waals surface area (Å²) in [6.45, 7) is -0.622. The van der Waals surface area contributed by atoms with E-state index in [2.05, 4.69) is 5.48 Å². The van der Waals surface area contributed by atoms with Crippen LogP contribution in [-0.2, 0) is 28.7 Å². The summed E-state index contributed by atoms with van der Waals surface area (Å²) >= 11 is 0. The first-order valence-electron chi connectivity index (χ1n) is 6.88. The maximum Gasteiger partial charge on any atom is 1.00 e. The second kappa shape index (κ2) is 17.6. The van der Waals surface area contributed by atoms with Gasteiger partial charge in [-0.1, -0.05) is 0 Å². The molecule has 1 atom stereocenters. The predicted molar refractivity (Wildman–Crippen MR) is 78.0 cm³/mol. The number of hydrogen-bond donors (Lipinski definition) is 5. The van der Waals surface area contributed by atoms with Gasteiger partial charge in [-0.2, -0.15) is 5.48 Å². The van der Waals surface area contributed by atoms with Crippen LogP contribution in [0.15, 0.2) is 0 Å². The van der Waals surface area contributed by atoms with E-state index < -0.39 is 36.4 Å². The van der Waals surface area contributed by atoms with Crippen LogP contribution in [0, 0.1) is 0 Å². The van der Waals surface area contributed by atoms with Crippen LogP contribution in [0.2, 0.25) is 0 Å². The number of carboxylic acids is 1.